The first-order valence-electron chi connectivity index (χ1n) is 8.10. The van der Waals surface area contributed by atoms with Crippen LogP contribution in [0.1, 0.15) is 6.23 Å². The first kappa shape index (κ1) is 25.7. The average Bonchev–Trinajstić information content (AvgIpc) is 3.12. The van der Waals surface area contributed by atoms with E-state index < -0.39 is 54.3 Å². The largest absolute Gasteiger partial charge is 0.487 e. The van der Waals surface area contributed by atoms with E-state index in [4.69, 9.17) is 39.4 Å². The highest BCUT2D eigenvalue weighted by Crippen LogP contribution is 2.66. The zero-order valence-electron chi connectivity index (χ0n) is 15.4. The van der Waals surface area contributed by atoms with Crippen LogP contribution in [0.5, 0.6) is 0 Å². The van der Waals surface area contributed by atoms with Crippen molar-refractivity contribution in [2.75, 3.05) is 12.3 Å². The Morgan fingerprint density at radius 3 is 2.47 bits per heavy atom. The second-order valence-corrected chi connectivity index (χ2v) is 11.1. The van der Waals surface area contributed by atoms with E-state index in [1.165, 1.54) is 10.9 Å². The Balaban J connectivity index is 1.72. The van der Waals surface area contributed by atoms with Crippen molar-refractivity contribution in [1.29, 1.82) is 0 Å². The third kappa shape index (κ3) is 5.93. The van der Waals surface area contributed by atoms with Crippen molar-refractivity contribution >= 4 is 59.3 Å². The van der Waals surface area contributed by atoms with E-state index in [9.17, 15) is 28.8 Å². The van der Waals surface area contributed by atoms with Gasteiger partial charge in [0.15, 0.2) is 17.7 Å². The summed E-state index contributed by atoms with van der Waals surface area (Å²) in [6, 6.07) is 0. The molecular formula is C10H14BClN5O12P3. The van der Waals surface area contributed by atoms with Crippen molar-refractivity contribution in [2.45, 2.75) is 24.5 Å². The molecule has 7 N–H and O–H groups in total. The minimum Gasteiger partial charge on any atom is -0.387 e. The lowest BCUT2D eigenvalue weighted by Crippen LogP contribution is -2.33. The van der Waals surface area contributed by atoms with Crippen LogP contribution in [-0.4, -0.2) is 76.9 Å². The minimum atomic E-state index is -5.59. The predicted octanol–water partition coefficient (Wildman–Crippen LogP) is -0.799. The second kappa shape index (κ2) is 9.00. The molecule has 1 aliphatic heterocycles. The maximum atomic E-state index is 12.0. The van der Waals surface area contributed by atoms with Crippen LogP contribution in [0.3, 0.4) is 0 Å². The smallest absolute Gasteiger partial charge is 0.387 e. The number of nitrogens with two attached hydrogens (primary N) is 1. The molecule has 32 heavy (non-hydrogen) atoms. The SMILES string of the molecule is [B]P(=O)(OCC1OC(n2cnc3c(N)nc(Cl)nc32)C(O)C1O)OP(=O)(O)OP(=O)(O)O. The molecule has 6 atom stereocenters. The van der Waals surface area contributed by atoms with E-state index in [0.29, 0.717) is 0 Å². The number of nitrogen functional groups attached to an aromatic ring is 1. The number of imidazole rings is 1. The molecule has 0 saturated carbocycles. The summed E-state index contributed by atoms with van der Waals surface area (Å²) in [5.41, 5.74) is 5.88. The number of rotatable bonds is 8. The van der Waals surface area contributed by atoms with Crippen LogP contribution in [0.2, 0.25) is 5.28 Å². The highest BCUT2D eigenvalue weighted by atomic mass is 35.5. The van der Waals surface area contributed by atoms with Gasteiger partial charge in [-0.3, -0.25) is 9.13 Å². The van der Waals surface area contributed by atoms with Crippen molar-refractivity contribution in [3.63, 3.8) is 0 Å². The molecule has 0 aliphatic carbocycles. The summed E-state index contributed by atoms with van der Waals surface area (Å²) in [4.78, 5) is 37.9. The maximum Gasteiger partial charge on any atom is 0.487 e. The quantitative estimate of drug-likeness (QED) is 0.137. The Kier molecular flexibility index (Phi) is 7.22. The first-order valence-corrected chi connectivity index (χ1v) is 13.1. The van der Waals surface area contributed by atoms with Gasteiger partial charge >= 0.3 is 15.6 Å². The Hall–Kier alpha value is -0.965. The number of hydrogen-bond acceptors (Lipinski definition) is 13. The standard InChI is InChI=1S/C10H14BClN5O12P3/c11-30(20,28-32(24,25)29-31(21,22)23)26-1-3-5(18)6(19)9(27-3)17-2-14-4-7(13)15-10(12)16-8(4)17/h2-3,5-6,9,18-19H,1H2,(H,24,25)(H2,13,15,16)(H2,21,22,23). The van der Waals surface area contributed by atoms with Gasteiger partial charge in [0.2, 0.25) is 12.8 Å². The summed E-state index contributed by atoms with van der Waals surface area (Å²) >= 11 is 5.77. The van der Waals surface area contributed by atoms with Gasteiger partial charge < -0.3 is 39.9 Å². The fourth-order valence-electron chi connectivity index (χ4n) is 2.69. The Labute approximate surface area is 184 Å². The molecule has 6 unspecified atom stereocenters. The monoisotopic (exact) mass is 535 g/mol. The lowest BCUT2D eigenvalue weighted by atomic mass is 10.1. The van der Waals surface area contributed by atoms with Crippen molar-refractivity contribution in [2.24, 2.45) is 0 Å². The summed E-state index contributed by atoms with van der Waals surface area (Å²) < 4.78 is 52.8. The maximum absolute atomic E-state index is 12.0. The van der Waals surface area contributed by atoms with Gasteiger partial charge in [0.1, 0.15) is 23.8 Å². The summed E-state index contributed by atoms with van der Waals surface area (Å²) in [5, 5.41) is 20.3. The zero-order valence-corrected chi connectivity index (χ0v) is 18.8. The van der Waals surface area contributed by atoms with Crippen molar-refractivity contribution in [3.05, 3.63) is 11.6 Å². The van der Waals surface area contributed by atoms with Crippen molar-refractivity contribution < 1.29 is 56.5 Å². The molecule has 2 radical (unpaired) electrons. The zero-order chi connectivity index (χ0) is 24.1. The molecule has 3 heterocycles. The lowest BCUT2D eigenvalue weighted by Gasteiger charge is -2.21. The van der Waals surface area contributed by atoms with Gasteiger partial charge in [0, 0.05) is 0 Å². The van der Waals surface area contributed by atoms with E-state index in [1.807, 2.05) is 0 Å². The number of phosphoric acid groups is 2. The fourth-order valence-corrected chi connectivity index (χ4v) is 6.02. The second-order valence-electron chi connectivity index (χ2n) is 6.21. The normalized spacial score (nSPS) is 27.9. The highest BCUT2D eigenvalue weighted by molar-refractivity contribution is 7.84. The highest BCUT2D eigenvalue weighted by Gasteiger charge is 2.46. The number of ether oxygens (including phenoxy) is 1. The topological polar surface area (TPSA) is 259 Å². The number of halogens is 1. The van der Waals surface area contributed by atoms with Gasteiger partial charge in [0.25, 0.3) is 7.47 Å². The predicted molar refractivity (Wildman–Crippen MR) is 104 cm³/mol. The Morgan fingerprint density at radius 2 is 1.84 bits per heavy atom. The van der Waals surface area contributed by atoms with Gasteiger partial charge in [-0.05, 0) is 11.6 Å². The molecule has 0 spiro atoms. The van der Waals surface area contributed by atoms with E-state index in [-0.39, 0.29) is 22.3 Å². The van der Waals surface area contributed by atoms with Gasteiger partial charge in [-0.15, -0.1) is 0 Å². The molecule has 22 heteroatoms. The molecule has 0 aromatic carbocycles. The fraction of sp³-hybridized carbons (Fsp3) is 0.500. The molecule has 0 amide bonds. The van der Waals surface area contributed by atoms with Crippen LogP contribution in [0.4, 0.5) is 5.82 Å². The van der Waals surface area contributed by atoms with Crippen LogP contribution in [0, 0.1) is 0 Å². The molecule has 0 bridgehead atoms. The van der Waals surface area contributed by atoms with Crippen LogP contribution >= 0.6 is 34.7 Å². The minimum absolute atomic E-state index is 0.0566. The summed E-state index contributed by atoms with van der Waals surface area (Å²) in [6.07, 6.45) is -4.80. The molecule has 2 aromatic heterocycles. The molecule has 176 valence electrons. The van der Waals surface area contributed by atoms with Crippen LogP contribution in [-0.2, 0) is 31.6 Å². The van der Waals surface area contributed by atoms with E-state index >= 15 is 0 Å². The summed E-state index contributed by atoms with van der Waals surface area (Å²) in [6.45, 7) is -0.858. The molecule has 1 saturated heterocycles. The summed E-state index contributed by atoms with van der Waals surface area (Å²) in [7, 11) is -10.9. The van der Waals surface area contributed by atoms with Gasteiger partial charge in [-0.1, -0.05) is 0 Å². The molecule has 1 aliphatic rings. The number of aliphatic hydroxyl groups is 2. The summed E-state index contributed by atoms with van der Waals surface area (Å²) in [5.74, 6) is -0.0566. The van der Waals surface area contributed by atoms with Gasteiger partial charge in [0.05, 0.1) is 12.9 Å². The van der Waals surface area contributed by atoms with Gasteiger partial charge in [-0.25, -0.2) is 18.4 Å². The third-order valence-electron chi connectivity index (χ3n) is 3.88. The number of fused-ring (bicyclic) bond motifs is 1. The van der Waals surface area contributed by atoms with E-state index in [0.717, 1.165) is 0 Å². The van der Waals surface area contributed by atoms with E-state index in [2.05, 4.69) is 28.1 Å². The third-order valence-corrected chi connectivity index (χ3v) is 7.97. The van der Waals surface area contributed by atoms with Gasteiger partial charge in [-0.2, -0.15) is 14.3 Å². The van der Waals surface area contributed by atoms with Crippen LogP contribution in [0.25, 0.3) is 11.2 Å². The lowest BCUT2D eigenvalue weighted by molar-refractivity contribution is -0.0479. The molecule has 3 rings (SSSR count). The molecule has 17 nitrogen and oxygen atoms in total. The van der Waals surface area contributed by atoms with E-state index in [1.54, 1.807) is 0 Å². The van der Waals surface area contributed by atoms with Crippen molar-refractivity contribution in [3.8, 4) is 0 Å². The average molecular weight is 535 g/mol. The Morgan fingerprint density at radius 1 is 1.19 bits per heavy atom. The number of aromatic nitrogens is 4. The Bertz CT molecular complexity index is 1160. The van der Waals surface area contributed by atoms with Crippen LogP contribution in [0.15, 0.2) is 6.33 Å². The first-order chi connectivity index (χ1) is 14.6. The molecule has 2 aromatic rings. The number of hydrogen-bond donors (Lipinski definition) is 6. The molecule has 1 fully saturated rings. The number of aliphatic hydroxyl groups excluding tert-OH is 2. The number of nitrogens with zero attached hydrogens (tertiary/aromatic N) is 4. The number of anilines is 1. The van der Waals surface area contributed by atoms with Crippen LogP contribution < -0.4 is 5.73 Å². The molecular weight excluding hydrogens is 521 g/mol. The van der Waals surface area contributed by atoms with Crippen molar-refractivity contribution in [1.82, 2.24) is 19.5 Å².